The van der Waals surface area contributed by atoms with E-state index in [0.717, 1.165) is 11.3 Å². The molecule has 0 aliphatic heterocycles. The summed E-state index contributed by atoms with van der Waals surface area (Å²) in [6.07, 6.45) is 0.571. The van der Waals surface area contributed by atoms with Crippen LogP contribution in [0.1, 0.15) is 25.6 Å². The molecule has 0 saturated carbocycles. The van der Waals surface area contributed by atoms with Crippen molar-refractivity contribution in [2.45, 2.75) is 6.92 Å². The highest BCUT2D eigenvalue weighted by Gasteiger charge is 2.14. The lowest BCUT2D eigenvalue weighted by Gasteiger charge is -1.90. The van der Waals surface area contributed by atoms with Gasteiger partial charge >= 0.3 is 5.97 Å². The van der Waals surface area contributed by atoms with Crippen molar-refractivity contribution in [2.24, 2.45) is 0 Å². The fraction of sp³-hybridized carbons (Fsp3) is 0.143. The third kappa shape index (κ3) is 1.30. The summed E-state index contributed by atoms with van der Waals surface area (Å²) < 4.78 is 0. The van der Waals surface area contributed by atoms with E-state index >= 15 is 0 Å². The van der Waals surface area contributed by atoms with E-state index in [1.165, 1.54) is 0 Å². The number of hydrogen-bond acceptors (Lipinski definition) is 3. The van der Waals surface area contributed by atoms with Crippen LogP contribution in [0.15, 0.2) is 5.38 Å². The van der Waals surface area contributed by atoms with Gasteiger partial charge in [-0.25, -0.2) is 4.79 Å². The molecule has 0 atom stereocenters. The highest BCUT2D eigenvalue weighted by atomic mass is 32.1. The van der Waals surface area contributed by atoms with Gasteiger partial charge in [-0.3, -0.25) is 4.79 Å². The van der Waals surface area contributed by atoms with Crippen LogP contribution in [0.3, 0.4) is 0 Å². The maximum absolute atomic E-state index is 10.5. The van der Waals surface area contributed by atoms with Crippen LogP contribution in [-0.4, -0.2) is 17.4 Å². The van der Waals surface area contributed by atoms with Crippen molar-refractivity contribution in [2.75, 3.05) is 0 Å². The summed E-state index contributed by atoms with van der Waals surface area (Å²) in [6.45, 7) is 1.67. The molecule has 0 saturated heterocycles. The lowest BCUT2D eigenvalue weighted by Crippen LogP contribution is -1.99. The second-order valence-electron chi connectivity index (χ2n) is 2.08. The first kappa shape index (κ1) is 7.94. The molecule has 0 bridgehead atoms. The van der Waals surface area contributed by atoms with Crippen molar-refractivity contribution < 1.29 is 14.7 Å². The minimum Gasteiger partial charge on any atom is -0.478 e. The smallest absolute Gasteiger partial charge is 0.337 e. The Morgan fingerprint density at radius 1 is 1.73 bits per heavy atom. The maximum atomic E-state index is 10.5. The topological polar surface area (TPSA) is 54.4 Å². The number of aldehydes is 1. The van der Waals surface area contributed by atoms with Crippen molar-refractivity contribution in [1.82, 2.24) is 0 Å². The Morgan fingerprint density at radius 3 is 2.73 bits per heavy atom. The van der Waals surface area contributed by atoms with Gasteiger partial charge in [0.15, 0.2) is 6.29 Å². The number of aromatic carboxylic acids is 1. The van der Waals surface area contributed by atoms with Crippen LogP contribution in [0.4, 0.5) is 0 Å². The Labute approximate surface area is 67.3 Å². The number of carboxylic acid groups (broad SMARTS) is 1. The number of rotatable bonds is 2. The lowest BCUT2D eigenvalue weighted by molar-refractivity contribution is 0.0694. The molecule has 58 valence electrons. The van der Waals surface area contributed by atoms with Crippen molar-refractivity contribution in [3.05, 3.63) is 21.4 Å². The molecular formula is C7H6O3S. The molecule has 1 rings (SSSR count). The summed E-state index contributed by atoms with van der Waals surface area (Å²) in [4.78, 5) is 21.1. The molecule has 0 aliphatic rings. The molecule has 0 fully saturated rings. The van der Waals surface area contributed by atoms with Crippen LogP contribution in [0.2, 0.25) is 0 Å². The predicted molar refractivity (Wildman–Crippen MR) is 41.4 cm³/mol. The van der Waals surface area contributed by atoms with Gasteiger partial charge < -0.3 is 5.11 Å². The van der Waals surface area contributed by atoms with Crippen LogP contribution in [0, 0.1) is 6.92 Å². The Balaban J connectivity index is 3.28. The fourth-order valence-corrected chi connectivity index (χ4v) is 1.67. The minimum absolute atomic E-state index is 0.130. The largest absolute Gasteiger partial charge is 0.478 e. The average molecular weight is 170 g/mol. The monoisotopic (exact) mass is 170 g/mol. The van der Waals surface area contributed by atoms with E-state index in [4.69, 9.17) is 5.11 Å². The number of carbonyl (C=O) groups is 2. The quantitative estimate of drug-likeness (QED) is 0.685. The van der Waals surface area contributed by atoms with Gasteiger partial charge in [-0.05, 0) is 17.9 Å². The zero-order chi connectivity index (χ0) is 8.43. The molecule has 0 unspecified atom stereocenters. The van der Waals surface area contributed by atoms with Gasteiger partial charge in [0, 0.05) is 0 Å². The van der Waals surface area contributed by atoms with Crippen molar-refractivity contribution in [3.8, 4) is 0 Å². The molecule has 1 aromatic rings. The molecule has 1 heterocycles. The van der Waals surface area contributed by atoms with Crippen LogP contribution >= 0.6 is 11.3 Å². The first-order valence-corrected chi connectivity index (χ1v) is 3.81. The SMILES string of the molecule is Cc1csc(C=O)c1C(=O)O. The zero-order valence-electron chi connectivity index (χ0n) is 5.83. The van der Waals surface area contributed by atoms with Crippen molar-refractivity contribution >= 4 is 23.6 Å². The number of carbonyl (C=O) groups excluding carboxylic acids is 1. The molecule has 3 nitrogen and oxygen atoms in total. The standard InChI is InChI=1S/C7H6O3S/c1-4-3-11-5(2-8)6(4)7(9)10/h2-3H,1H3,(H,9,10). The van der Waals surface area contributed by atoms with E-state index in [-0.39, 0.29) is 10.4 Å². The molecule has 4 heteroatoms. The van der Waals surface area contributed by atoms with E-state index in [2.05, 4.69) is 0 Å². The van der Waals surface area contributed by atoms with Crippen LogP contribution in [-0.2, 0) is 0 Å². The third-order valence-corrected chi connectivity index (χ3v) is 2.35. The summed E-state index contributed by atoms with van der Waals surface area (Å²) >= 11 is 1.16. The van der Waals surface area contributed by atoms with Gasteiger partial charge in [-0.1, -0.05) is 0 Å². The Morgan fingerprint density at radius 2 is 2.36 bits per heavy atom. The molecule has 0 amide bonds. The normalized spacial score (nSPS) is 9.55. The van der Waals surface area contributed by atoms with Gasteiger partial charge in [0.25, 0.3) is 0 Å². The molecule has 11 heavy (non-hydrogen) atoms. The fourth-order valence-electron chi connectivity index (χ4n) is 0.825. The number of hydrogen-bond donors (Lipinski definition) is 1. The molecular weight excluding hydrogens is 164 g/mol. The van der Waals surface area contributed by atoms with Crippen molar-refractivity contribution in [1.29, 1.82) is 0 Å². The molecule has 1 N–H and O–H groups in total. The Kier molecular flexibility index (Phi) is 2.05. The van der Waals surface area contributed by atoms with Crippen LogP contribution in [0.5, 0.6) is 0 Å². The van der Waals surface area contributed by atoms with E-state index in [1.54, 1.807) is 12.3 Å². The summed E-state index contributed by atoms with van der Waals surface area (Å²) in [5, 5.41) is 10.3. The predicted octanol–water partition coefficient (Wildman–Crippen LogP) is 1.57. The highest BCUT2D eigenvalue weighted by molar-refractivity contribution is 7.12. The summed E-state index contributed by atoms with van der Waals surface area (Å²) in [5.74, 6) is -1.04. The maximum Gasteiger partial charge on any atom is 0.337 e. The first-order valence-electron chi connectivity index (χ1n) is 2.93. The lowest BCUT2D eigenvalue weighted by atomic mass is 10.2. The second-order valence-corrected chi connectivity index (χ2v) is 2.99. The van der Waals surface area contributed by atoms with E-state index in [0.29, 0.717) is 11.8 Å². The minimum atomic E-state index is -1.04. The highest BCUT2D eigenvalue weighted by Crippen LogP contribution is 2.19. The Bertz CT molecular complexity index is 301. The number of aryl methyl sites for hydroxylation is 1. The van der Waals surface area contributed by atoms with E-state index in [9.17, 15) is 9.59 Å². The molecule has 1 aromatic heterocycles. The van der Waals surface area contributed by atoms with Gasteiger partial charge in [0.1, 0.15) is 0 Å². The Hall–Kier alpha value is -1.16. The van der Waals surface area contributed by atoms with Gasteiger partial charge in [0.05, 0.1) is 10.4 Å². The van der Waals surface area contributed by atoms with E-state index < -0.39 is 5.97 Å². The van der Waals surface area contributed by atoms with E-state index in [1.807, 2.05) is 0 Å². The molecule has 0 aliphatic carbocycles. The summed E-state index contributed by atoms with van der Waals surface area (Å²) in [6, 6.07) is 0. The number of carboxylic acids is 1. The van der Waals surface area contributed by atoms with Gasteiger partial charge in [-0.15, -0.1) is 11.3 Å². The van der Waals surface area contributed by atoms with Crippen LogP contribution in [0.25, 0.3) is 0 Å². The average Bonchev–Trinajstić information content (AvgIpc) is 2.30. The van der Waals surface area contributed by atoms with Gasteiger partial charge in [-0.2, -0.15) is 0 Å². The van der Waals surface area contributed by atoms with Crippen molar-refractivity contribution in [3.63, 3.8) is 0 Å². The van der Waals surface area contributed by atoms with Gasteiger partial charge in [0.2, 0.25) is 0 Å². The first-order chi connectivity index (χ1) is 5.16. The summed E-state index contributed by atoms with van der Waals surface area (Å²) in [7, 11) is 0. The zero-order valence-corrected chi connectivity index (χ0v) is 6.64. The molecule has 0 spiro atoms. The number of thiophene rings is 1. The third-order valence-electron chi connectivity index (χ3n) is 1.32. The molecule has 0 radical (unpaired) electrons. The summed E-state index contributed by atoms with van der Waals surface area (Å²) in [5.41, 5.74) is 0.773. The molecule has 0 aromatic carbocycles. The van der Waals surface area contributed by atoms with Crippen LogP contribution < -0.4 is 0 Å². The second kappa shape index (κ2) is 2.84.